The maximum Gasteiger partial charge on any atom is 0.254 e. The number of hydrogen-bond acceptors (Lipinski definition) is 2. The Bertz CT molecular complexity index is 734. The summed E-state index contributed by atoms with van der Waals surface area (Å²) in [6.07, 6.45) is 0. The first kappa shape index (κ1) is 18.5. The molecule has 3 rings (SSSR count). The number of benzene rings is 2. The molecule has 2 atom stereocenters. The van der Waals surface area contributed by atoms with Crippen LogP contribution in [-0.2, 0) is 5.41 Å². The van der Waals surface area contributed by atoms with Crippen LogP contribution in [0.1, 0.15) is 50.5 Å². The van der Waals surface area contributed by atoms with Crippen LogP contribution in [-0.4, -0.2) is 36.0 Å². The highest BCUT2D eigenvalue weighted by atomic mass is 16.2. The van der Waals surface area contributed by atoms with Crippen LogP contribution in [0.3, 0.4) is 0 Å². The number of carbonyl (C=O) groups is 1. The molecular formula is C23H30N2O. The zero-order chi connectivity index (χ0) is 18.9. The maximum atomic E-state index is 12.9. The summed E-state index contributed by atoms with van der Waals surface area (Å²) >= 11 is 0. The van der Waals surface area contributed by atoms with Crippen LogP contribution in [0.2, 0.25) is 0 Å². The van der Waals surface area contributed by atoms with Crippen molar-refractivity contribution in [2.75, 3.05) is 18.0 Å². The van der Waals surface area contributed by atoms with E-state index >= 15 is 0 Å². The minimum absolute atomic E-state index is 0.133. The lowest BCUT2D eigenvalue weighted by molar-refractivity contribution is 0.0574. The average molecular weight is 351 g/mol. The molecule has 3 nitrogen and oxygen atoms in total. The van der Waals surface area contributed by atoms with Gasteiger partial charge in [-0.25, -0.2) is 0 Å². The summed E-state index contributed by atoms with van der Waals surface area (Å²) in [5.74, 6) is 0.133. The fourth-order valence-electron chi connectivity index (χ4n) is 3.84. The van der Waals surface area contributed by atoms with E-state index in [-0.39, 0.29) is 23.4 Å². The molecule has 0 radical (unpaired) electrons. The molecule has 26 heavy (non-hydrogen) atoms. The molecular weight excluding hydrogens is 320 g/mol. The van der Waals surface area contributed by atoms with E-state index < -0.39 is 0 Å². The SMILES string of the molecule is C[C@@H]1CN(c2ccc(C(C)(C)C)cc2)C[C@H](C)N1C(=O)c1ccccc1. The van der Waals surface area contributed by atoms with Gasteiger partial charge in [-0.15, -0.1) is 0 Å². The second-order valence-corrected chi connectivity index (χ2v) is 8.48. The Morgan fingerprint density at radius 3 is 1.92 bits per heavy atom. The summed E-state index contributed by atoms with van der Waals surface area (Å²) in [6.45, 7) is 12.7. The van der Waals surface area contributed by atoms with Gasteiger partial charge >= 0.3 is 0 Å². The predicted molar refractivity (Wildman–Crippen MR) is 109 cm³/mol. The number of carbonyl (C=O) groups excluding carboxylic acids is 1. The molecule has 138 valence electrons. The van der Waals surface area contributed by atoms with E-state index in [1.54, 1.807) is 0 Å². The third-order valence-corrected chi connectivity index (χ3v) is 5.27. The smallest absolute Gasteiger partial charge is 0.254 e. The zero-order valence-electron chi connectivity index (χ0n) is 16.6. The minimum atomic E-state index is 0.133. The third kappa shape index (κ3) is 3.77. The third-order valence-electron chi connectivity index (χ3n) is 5.27. The topological polar surface area (TPSA) is 23.6 Å². The van der Waals surface area contributed by atoms with Crippen molar-refractivity contribution in [3.63, 3.8) is 0 Å². The largest absolute Gasteiger partial charge is 0.367 e. The van der Waals surface area contributed by atoms with Crippen molar-refractivity contribution in [1.82, 2.24) is 4.90 Å². The van der Waals surface area contributed by atoms with E-state index in [0.29, 0.717) is 0 Å². The molecule has 0 spiro atoms. The summed E-state index contributed by atoms with van der Waals surface area (Å²) in [6, 6.07) is 18.8. The maximum absolute atomic E-state index is 12.9. The predicted octanol–water partition coefficient (Wildman–Crippen LogP) is 4.72. The van der Waals surface area contributed by atoms with E-state index in [9.17, 15) is 4.79 Å². The van der Waals surface area contributed by atoms with Gasteiger partial charge in [0.15, 0.2) is 0 Å². The van der Waals surface area contributed by atoms with Crippen LogP contribution in [0.15, 0.2) is 54.6 Å². The summed E-state index contributed by atoms with van der Waals surface area (Å²) in [5, 5.41) is 0. The van der Waals surface area contributed by atoms with E-state index in [2.05, 4.69) is 63.8 Å². The second kappa shape index (κ2) is 7.14. The number of rotatable bonds is 2. The highest BCUT2D eigenvalue weighted by Crippen LogP contribution is 2.28. The van der Waals surface area contributed by atoms with Crippen molar-refractivity contribution < 1.29 is 4.79 Å². The van der Waals surface area contributed by atoms with Crippen molar-refractivity contribution in [3.8, 4) is 0 Å². The Morgan fingerprint density at radius 2 is 1.42 bits per heavy atom. The standard InChI is InChI=1S/C23H30N2O/c1-17-15-24(21-13-11-20(12-14-21)23(3,4)5)16-18(2)25(17)22(26)19-9-7-6-8-10-19/h6-14,17-18H,15-16H2,1-5H3/t17-,18+. The van der Waals surface area contributed by atoms with Gasteiger partial charge in [0.05, 0.1) is 0 Å². The second-order valence-electron chi connectivity index (χ2n) is 8.48. The normalized spacial score (nSPS) is 21.0. The Balaban J connectivity index is 1.75. The van der Waals surface area contributed by atoms with Crippen LogP contribution < -0.4 is 4.90 Å². The number of hydrogen-bond donors (Lipinski definition) is 0. The summed E-state index contributed by atoms with van der Waals surface area (Å²) in [5.41, 5.74) is 3.53. The van der Waals surface area contributed by atoms with Crippen molar-refractivity contribution in [2.24, 2.45) is 0 Å². The number of anilines is 1. The van der Waals surface area contributed by atoms with Gasteiger partial charge in [-0.1, -0.05) is 51.1 Å². The first-order valence-corrected chi connectivity index (χ1v) is 9.50. The molecule has 3 heteroatoms. The fraction of sp³-hybridized carbons (Fsp3) is 0.435. The molecule has 1 aliphatic rings. The Kier molecular flexibility index (Phi) is 5.08. The first-order chi connectivity index (χ1) is 12.3. The number of piperazine rings is 1. The van der Waals surface area contributed by atoms with Crippen LogP contribution in [0.4, 0.5) is 5.69 Å². The van der Waals surface area contributed by atoms with Gasteiger partial charge in [-0.2, -0.15) is 0 Å². The van der Waals surface area contributed by atoms with Crippen molar-refractivity contribution in [2.45, 2.75) is 52.1 Å². The molecule has 1 aliphatic heterocycles. The molecule has 2 aromatic carbocycles. The minimum Gasteiger partial charge on any atom is -0.367 e. The number of nitrogens with zero attached hydrogens (tertiary/aromatic N) is 2. The molecule has 2 aromatic rings. The Hall–Kier alpha value is -2.29. The molecule has 0 saturated carbocycles. The lowest BCUT2D eigenvalue weighted by Gasteiger charge is -2.45. The van der Waals surface area contributed by atoms with Crippen LogP contribution in [0.5, 0.6) is 0 Å². The Labute approximate surface area is 157 Å². The highest BCUT2D eigenvalue weighted by Gasteiger charge is 2.33. The van der Waals surface area contributed by atoms with Gasteiger partial charge in [-0.05, 0) is 49.1 Å². The van der Waals surface area contributed by atoms with Crippen molar-refractivity contribution in [3.05, 3.63) is 65.7 Å². The highest BCUT2D eigenvalue weighted by molar-refractivity contribution is 5.94. The van der Waals surface area contributed by atoms with E-state index in [1.807, 2.05) is 35.2 Å². The average Bonchev–Trinajstić information content (AvgIpc) is 2.61. The molecule has 0 bridgehead atoms. The lowest BCUT2D eigenvalue weighted by atomic mass is 9.87. The van der Waals surface area contributed by atoms with Crippen LogP contribution in [0.25, 0.3) is 0 Å². The van der Waals surface area contributed by atoms with Crippen LogP contribution >= 0.6 is 0 Å². The first-order valence-electron chi connectivity index (χ1n) is 9.50. The lowest BCUT2D eigenvalue weighted by Crippen LogP contribution is -2.58. The zero-order valence-corrected chi connectivity index (χ0v) is 16.6. The van der Waals surface area contributed by atoms with Crippen LogP contribution in [0, 0.1) is 0 Å². The van der Waals surface area contributed by atoms with Gasteiger partial charge in [-0.3, -0.25) is 4.79 Å². The van der Waals surface area contributed by atoms with Gasteiger partial charge in [0.25, 0.3) is 5.91 Å². The van der Waals surface area contributed by atoms with Gasteiger partial charge in [0.2, 0.25) is 0 Å². The molecule has 0 N–H and O–H groups in total. The quantitative estimate of drug-likeness (QED) is 0.782. The molecule has 1 saturated heterocycles. The molecule has 0 unspecified atom stereocenters. The van der Waals surface area contributed by atoms with Crippen molar-refractivity contribution in [1.29, 1.82) is 0 Å². The number of amides is 1. The van der Waals surface area contributed by atoms with E-state index in [1.165, 1.54) is 11.3 Å². The van der Waals surface area contributed by atoms with E-state index in [0.717, 1.165) is 18.7 Å². The van der Waals surface area contributed by atoms with Gasteiger partial charge < -0.3 is 9.80 Å². The van der Waals surface area contributed by atoms with Crippen molar-refractivity contribution >= 4 is 11.6 Å². The van der Waals surface area contributed by atoms with E-state index in [4.69, 9.17) is 0 Å². The molecule has 1 amide bonds. The van der Waals surface area contributed by atoms with Gasteiger partial charge in [0.1, 0.15) is 0 Å². The molecule has 1 heterocycles. The fourth-order valence-corrected chi connectivity index (χ4v) is 3.84. The van der Waals surface area contributed by atoms with Gasteiger partial charge in [0, 0.05) is 36.4 Å². The monoisotopic (exact) mass is 350 g/mol. The molecule has 0 aromatic heterocycles. The summed E-state index contributed by atoms with van der Waals surface area (Å²) in [4.78, 5) is 17.4. The molecule has 1 fully saturated rings. The molecule has 0 aliphatic carbocycles. The Morgan fingerprint density at radius 1 is 0.885 bits per heavy atom. The summed E-state index contributed by atoms with van der Waals surface area (Å²) < 4.78 is 0. The summed E-state index contributed by atoms with van der Waals surface area (Å²) in [7, 11) is 0.